The second-order valence-electron chi connectivity index (χ2n) is 4.31. The van der Waals surface area contributed by atoms with Crippen LogP contribution in [0.25, 0.3) is 11.5 Å². The Kier molecular flexibility index (Phi) is 2.47. The molecule has 0 fully saturated rings. The van der Waals surface area contributed by atoms with E-state index in [4.69, 9.17) is 10.3 Å². The van der Waals surface area contributed by atoms with E-state index in [0.29, 0.717) is 17.4 Å². The van der Waals surface area contributed by atoms with Gasteiger partial charge in [-0.15, -0.1) is 0 Å². The lowest BCUT2D eigenvalue weighted by Gasteiger charge is -2.10. The highest BCUT2D eigenvalue weighted by Crippen LogP contribution is 2.19. The van der Waals surface area contributed by atoms with Crippen LogP contribution in [-0.2, 0) is 5.54 Å². The number of aromatic nitrogens is 3. The number of nitrogens with two attached hydrogens (primary N) is 1. The van der Waals surface area contributed by atoms with Gasteiger partial charge in [0.25, 0.3) is 0 Å². The highest BCUT2D eigenvalue weighted by Gasteiger charge is 2.22. The average molecular weight is 218 g/mol. The third-order valence-electron chi connectivity index (χ3n) is 2.09. The molecule has 2 rings (SSSR count). The van der Waals surface area contributed by atoms with E-state index in [-0.39, 0.29) is 0 Å². The molecule has 0 aromatic carbocycles. The maximum atomic E-state index is 5.86. The molecule has 0 aliphatic carbocycles. The Hall–Kier alpha value is -1.75. The van der Waals surface area contributed by atoms with Crippen molar-refractivity contribution in [2.24, 2.45) is 5.73 Å². The van der Waals surface area contributed by atoms with Gasteiger partial charge in [0, 0.05) is 5.69 Å². The Labute approximate surface area is 93.7 Å². The molecule has 2 aromatic heterocycles. The summed E-state index contributed by atoms with van der Waals surface area (Å²) < 4.78 is 5.10. The minimum Gasteiger partial charge on any atom is -0.337 e. The number of hydrogen-bond acceptors (Lipinski definition) is 5. The molecular weight excluding hydrogens is 204 g/mol. The van der Waals surface area contributed by atoms with Gasteiger partial charge in [0.05, 0.1) is 5.54 Å². The number of rotatable bonds is 2. The van der Waals surface area contributed by atoms with Gasteiger partial charge in [0.2, 0.25) is 11.7 Å². The molecule has 0 saturated carbocycles. The molecule has 0 spiro atoms. The Morgan fingerprint density at radius 3 is 2.56 bits per heavy atom. The summed E-state index contributed by atoms with van der Waals surface area (Å²) in [6.07, 6.45) is 0. The fourth-order valence-electron chi connectivity index (χ4n) is 1.26. The van der Waals surface area contributed by atoms with E-state index in [1.807, 2.05) is 39.0 Å². The summed E-state index contributed by atoms with van der Waals surface area (Å²) in [7, 11) is 0. The molecule has 0 aliphatic heterocycles. The number of pyridine rings is 1. The van der Waals surface area contributed by atoms with E-state index < -0.39 is 5.54 Å². The second-order valence-corrected chi connectivity index (χ2v) is 4.31. The minimum absolute atomic E-state index is 0.408. The van der Waals surface area contributed by atoms with Gasteiger partial charge in [-0.05, 0) is 32.9 Å². The quantitative estimate of drug-likeness (QED) is 0.828. The largest absolute Gasteiger partial charge is 0.337 e. The topological polar surface area (TPSA) is 77.8 Å². The molecule has 0 radical (unpaired) electrons. The van der Waals surface area contributed by atoms with Crippen molar-refractivity contribution < 1.29 is 4.52 Å². The van der Waals surface area contributed by atoms with Crippen LogP contribution in [0.2, 0.25) is 0 Å². The van der Waals surface area contributed by atoms with Gasteiger partial charge in [0.1, 0.15) is 5.69 Å². The molecule has 2 N–H and O–H groups in total. The van der Waals surface area contributed by atoms with Gasteiger partial charge in [-0.2, -0.15) is 4.98 Å². The van der Waals surface area contributed by atoms with Crippen LogP contribution in [0.4, 0.5) is 0 Å². The molecule has 0 atom stereocenters. The summed E-state index contributed by atoms with van der Waals surface area (Å²) in [5, 5.41) is 3.87. The zero-order valence-electron chi connectivity index (χ0n) is 9.56. The van der Waals surface area contributed by atoms with Crippen LogP contribution in [0.5, 0.6) is 0 Å². The lowest BCUT2D eigenvalue weighted by molar-refractivity contribution is 0.312. The number of aryl methyl sites for hydroxylation is 1. The first-order valence-electron chi connectivity index (χ1n) is 5.04. The number of nitrogens with zero attached hydrogens (tertiary/aromatic N) is 3. The predicted octanol–water partition coefficient (Wildman–Crippen LogP) is 1.63. The van der Waals surface area contributed by atoms with Crippen molar-refractivity contribution in [3.05, 3.63) is 29.8 Å². The zero-order chi connectivity index (χ0) is 11.8. The van der Waals surface area contributed by atoms with Crippen LogP contribution in [0.15, 0.2) is 22.7 Å². The molecule has 0 bridgehead atoms. The maximum Gasteiger partial charge on any atom is 0.246 e. The van der Waals surface area contributed by atoms with Crippen LogP contribution < -0.4 is 5.73 Å². The molecule has 84 valence electrons. The zero-order valence-corrected chi connectivity index (χ0v) is 9.56. The highest BCUT2D eigenvalue weighted by molar-refractivity contribution is 5.48. The highest BCUT2D eigenvalue weighted by atomic mass is 16.5. The minimum atomic E-state index is -0.630. The van der Waals surface area contributed by atoms with Gasteiger partial charge in [0.15, 0.2) is 0 Å². The molecule has 0 unspecified atom stereocenters. The van der Waals surface area contributed by atoms with Gasteiger partial charge in [-0.3, -0.25) is 0 Å². The standard InChI is InChI=1S/C11H14N4O/c1-7-5-4-6-8(13-7)9-14-10(16-15-9)11(2,3)12/h4-6H,12H2,1-3H3. The average Bonchev–Trinajstić information content (AvgIpc) is 2.65. The van der Waals surface area contributed by atoms with Crippen molar-refractivity contribution in [3.63, 3.8) is 0 Å². The summed E-state index contributed by atoms with van der Waals surface area (Å²) in [5.41, 5.74) is 6.84. The van der Waals surface area contributed by atoms with Crippen LogP contribution in [-0.4, -0.2) is 15.1 Å². The first-order valence-corrected chi connectivity index (χ1v) is 5.04. The third kappa shape index (κ3) is 2.09. The summed E-state index contributed by atoms with van der Waals surface area (Å²) in [5.74, 6) is 0.878. The fraction of sp³-hybridized carbons (Fsp3) is 0.364. The van der Waals surface area contributed by atoms with Crippen LogP contribution in [0.1, 0.15) is 25.4 Å². The molecule has 5 heteroatoms. The molecule has 5 nitrogen and oxygen atoms in total. The first kappa shape index (κ1) is 10.8. The smallest absolute Gasteiger partial charge is 0.246 e. The van der Waals surface area contributed by atoms with Gasteiger partial charge < -0.3 is 10.3 Å². The van der Waals surface area contributed by atoms with Crippen molar-refractivity contribution in [3.8, 4) is 11.5 Å². The van der Waals surface area contributed by atoms with Crippen molar-refractivity contribution in [2.75, 3.05) is 0 Å². The van der Waals surface area contributed by atoms with E-state index in [1.165, 1.54) is 0 Å². The summed E-state index contributed by atoms with van der Waals surface area (Å²) in [4.78, 5) is 8.54. The van der Waals surface area contributed by atoms with Crippen molar-refractivity contribution in [1.82, 2.24) is 15.1 Å². The Morgan fingerprint density at radius 1 is 1.25 bits per heavy atom. The number of hydrogen-bond donors (Lipinski definition) is 1. The maximum absolute atomic E-state index is 5.86. The first-order chi connectivity index (χ1) is 7.47. The summed E-state index contributed by atoms with van der Waals surface area (Å²) in [6.45, 7) is 5.54. The van der Waals surface area contributed by atoms with E-state index in [9.17, 15) is 0 Å². The SMILES string of the molecule is Cc1cccc(-c2noc(C(C)(C)N)n2)n1. The molecule has 16 heavy (non-hydrogen) atoms. The lowest BCUT2D eigenvalue weighted by Crippen LogP contribution is -2.28. The van der Waals surface area contributed by atoms with Gasteiger partial charge >= 0.3 is 0 Å². The van der Waals surface area contributed by atoms with Gasteiger partial charge in [-0.1, -0.05) is 11.2 Å². The van der Waals surface area contributed by atoms with Crippen molar-refractivity contribution >= 4 is 0 Å². The monoisotopic (exact) mass is 218 g/mol. The van der Waals surface area contributed by atoms with Gasteiger partial charge in [-0.25, -0.2) is 4.98 Å². The molecule has 2 heterocycles. The van der Waals surface area contributed by atoms with Crippen LogP contribution in [0, 0.1) is 6.92 Å². The Morgan fingerprint density at radius 2 is 2.00 bits per heavy atom. The fourth-order valence-corrected chi connectivity index (χ4v) is 1.26. The van der Waals surface area contributed by atoms with Crippen LogP contribution in [0.3, 0.4) is 0 Å². The Balaban J connectivity index is 2.39. The second kappa shape index (κ2) is 3.68. The molecule has 2 aromatic rings. The van der Waals surface area contributed by atoms with Crippen molar-refractivity contribution in [1.29, 1.82) is 0 Å². The van der Waals surface area contributed by atoms with E-state index >= 15 is 0 Å². The predicted molar refractivity (Wildman–Crippen MR) is 59.5 cm³/mol. The van der Waals surface area contributed by atoms with Crippen LogP contribution >= 0.6 is 0 Å². The molecule has 0 amide bonds. The van der Waals surface area contributed by atoms with Crippen molar-refractivity contribution in [2.45, 2.75) is 26.3 Å². The summed E-state index contributed by atoms with van der Waals surface area (Å²) in [6, 6.07) is 5.66. The molecule has 0 aliphatic rings. The van der Waals surface area contributed by atoms with E-state index in [1.54, 1.807) is 0 Å². The van der Waals surface area contributed by atoms with E-state index in [2.05, 4.69) is 15.1 Å². The molecular formula is C11H14N4O. The van der Waals surface area contributed by atoms with E-state index in [0.717, 1.165) is 5.69 Å². The third-order valence-corrected chi connectivity index (χ3v) is 2.09. The molecule has 0 saturated heterocycles. The Bertz CT molecular complexity index is 499. The lowest BCUT2D eigenvalue weighted by atomic mass is 10.1. The summed E-state index contributed by atoms with van der Waals surface area (Å²) >= 11 is 0. The normalized spacial score (nSPS) is 11.8.